The second-order valence-corrected chi connectivity index (χ2v) is 3.92. The van der Waals surface area contributed by atoms with Crippen molar-refractivity contribution in [3.8, 4) is 0 Å². The van der Waals surface area contributed by atoms with Gasteiger partial charge in [0.25, 0.3) is 5.90 Å². The molecule has 0 fully saturated rings. The van der Waals surface area contributed by atoms with E-state index in [1.165, 1.54) is 0 Å². The van der Waals surface area contributed by atoms with Crippen LogP contribution in [0.5, 0.6) is 0 Å². The van der Waals surface area contributed by atoms with Crippen LogP contribution in [0.3, 0.4) is 0 Å². The lowest BCUT2D eigenvalue weighted by atomic mass is 10.1. The Morgan fingerprint density at radius 2 is 2.36 bits per heavy atom. The normalized spacial score (nSPS) is 21.1. The molecule has 1 aromatic heterocycles. The summed E-state index contributed by atoms with van der Waals surface area (Å²) in [4.78, 5) is 8.70. The Balaban J connectivity index is 2.22. The second-order valence-electron chi connectivity index (χ2n) is 3.92. The van der Waals surface area contributed by atoms with Crippen LogP contribution in [-0.4, -0.2) is 28.1 Å². The first-order valence-electron chi connectivity index (χ1n) is 4.87. The van der Waals surface area contributed by atoms with Crippen LogP contribution in [0.4, 0.5) is 0 Å². The van der Waals surface area contributed by atoms with Gasteiger partial charge in [-0.25, -0.2) is 9.98 Å². The quantitative estimate of drug-likeness (QED) is 0.708. The van der Waals surface area contributed by atoms with Gasteiger partial charge in [-0.3, -0.25) is 0 Å². The molecule has 0 bridgehead atoms. The van der Waals surface area contributed by atoms with Crippen LogP contribution in [-0.2, 0) is 11.8 Å². The van der Waals surface area contributed by atoms with Crippen LogP contribution in [0.15, 0.2) is 17.4 Å². The van der Waals surface area contributed by atoms with Gasteiger partial charge < -0.3 is 9.30 Å². The number of rotatable bonds is 2. The molecule has 0 aromatic carbocycles. The molecule has 0 radical (unpaired) electrons. The summed E-state index contributed by atoms with van der Waals surface area (Å²) < 4.78 is 7.44. The van der Waals surface area contributed by atoms with E-state index in [4.69, 9.17) is 4.74 Å². The average molecular weight is 193 g/mol. The SMILES string of the molecule is CC(C)C1COC(c2nccn2C)=N1. The molecule has 0 aliphatic carbocycles. The van der Waals surface area contributed by atoms with Crippen molar-refractivity contribution in [3.05, 3.63) is 18.2 Å². The van der Waals surface area contributed by atoms with Crippen LogP contribution in [0.1, 0.15) is 19.7 Å². The van der Waals surface area contributed by atoms with Crippen molar-refractivity contribution >= 4 is 5.90 Å². The van der Waals surface area contributed by atoms with Gasteiger partial charge in [0.2, 0.25) is 0 Å². The van der Waals surface area contributed by atoms with Crippen molar-refractivity contribution in [1.29, 1.82) is 0 Å². The molecule has 0 amide bonds. The first-order valence-corrected chi connectivity index (χ1v) is 4.87. The molecule has 76 valence electrons. The van der Waals surface area contributed by atoms with Crippen molar-refractivity contribution in [3.63, 3.8) is 0 Å². The van der Waals surface area contributed by atoms with Crippen molar-refractivity contribution in [2.45, 2.75) is 19.9 Å². The largest absolute Gasteiger partial charge is 0.473 e. The summed E-state index contributed by atoms with van der Waals surface area (Å²) in [5.74, 6) is 2.01. The predicted octanol–water partition coefficient (Wildman–Crippen LogP) is 1.22. The Morgan fingerprint density at radius 1 is 1.57 bits per heavy atom. The number of hydrogen-bond acceptors (Lipinski definition) is 3. The van der Waals surface area contributed by atoms with E-state index in [2.05, 4.69) is 23.8 Å². The van der Waals surface area contributed by atoms with Gasteiger partial charge in [-0.05, 0) is 5.92 Å². The molecule has 0 saturated heterocycles. The van der Waals surface area contributed by atoms with Crippen molar-refractivity contribution in [1.82, 2.24) is 9.55 Å². The molecule has 0 N–H and O–H groups in total. The first kappa shape index (κ1) is 9.24. The fourth-order valence-electron chi connectivity index (χ4n) is 1.42. The zero-order valence-electron chi connectivity index (χ0n) is 8.77. The molecule has 1 atom stereocenters. The second kappa shape index (κ2) is 3.44. The molecule has 2 heterocycles. The molecular weight excluding hydrogens is 178 g/mol. The van der Waals surface area contributed by atoms with Crippen LogP contribution >= 0.6 is 0 Å². The van der Waals surface area contributed by atoms with E-state index in [0.717, 1.165) is 5.82 Å². The monoisotopic (exact) mass is 193 g/mol. The van der Waals surface area contributed by atoms with E-state index in [9.17, 15) is 0 Å². The van der Waals surface area contributed by atoms with E-state index in [1.807, 2.05) is 17.8 Å². The lowest BCUT2D eigenvalue weighted by Crippen LogP contribution is -2.13. The van der Waals surface area contributed by atoms with Gasteiger partial charge in [-0.2, -0.15) is 0 Å². The first-order chi connectivity index (χ1) is 6.68. The predicted molar refractivity (Wildman–Crippen MR) is 54.3 cm³/mol. The standard InChI is InChI=1S/C10H15N3O/c1-7(2)8-6-14-10(12-8)9-11-4-5-13(9)3/h4-5,7-8H,6H2,1-3H3. The fourth-order valence-corrected chi connectivity index (χ4v) is 1.42. The maximum atomic E-state index is 5.52. The number of aromatic nitrogens is 2. The van der Waals surface area contributed by atoms with Crippen molar-refractivity contribution < 1.29 is 4.74 Å². The molecule has 4 nitrogen and oxygen atoms in total. The topological polar surface area (TPSA) is 39.4 Å². The van der Waals surface area contributed by atoms with Gasteiger partial charge in [0.1, 0.15) is 6.61 Å². The molecule has 1 aliphatic heterocycles. The summed E-state index contributed by atoms with van der Waals surface area (Å²) in [5, 5.41) is 0. The number of imidazole rings is 1. The lowest BCUT2D eigenvalue weighted by molar-refractivity contribution is 0.290. The third kappa shape index (κ3) is 1.52. The number of aliphatic imine (C=N–C) groups is 1. The third-order valence-corrected chi connectivity index (χ3v) is 2.46. The lowest BCUT2D eigenvalue weighted by Gasteiger charge is -2.06. The third-order valence-electron chi connectivity index (χ3n) is 2.46. The van der Waals surface area contributed by atoms with Gasteiger partial charge in [0.15, 0.2) is 5.82 Å². The molecule has 2 rings (SSSR count). The Morgan fingerprint density at radius 3 is 2.86 bits per heavy atom. The molecule has 1 unspecified atom stereocenters. The molecule has 4 heteroatoms. The summed E-state index contributed by atoms with van der Waals surface area (Å²) in [6, 6.07) is 0.279. The smallest absolute Gasteiger partial charge is 0.253 e. The van der Waals surface area contributed by atoms with Crippen LogP contribution in [0, 0.1) is 5.92 Å². The highest BCUT2D eigenvalue weighted by atomic mass is 16.5. The Bertz CT molecular complexity index is 354. The minimum Gasteiger partial charge on any atom is -0.473 e. The summed E-state index contributed by atoms with van der Waals surface area (Å²) in [5.41, 5.74) is 0. The molecule has 1 aliphatic rings. The van der Waals surface area contributed by atoms with Crippen LogP contribution < -0.4 is 0 Å². The Labute approximate surface area is 83.6 Å². The highest BCUT2D eigenvalue weighted by molar-refractivity contribution is 5.91. The van der Waals surface area contributed by atoms with Gasteiger partial charge in [-0.1, -0.05) is 13.8 Å². The van der Waals surface area contributed by atoms with Gasteiger partial charge in [0, 0.05) is 19.4 Å². The zero-order valence-corrected chi connectivity index (χ0v) is 8.77. The van der Waals surface area contributed by atoms with Crippen molar-refractivity contribution in [2.24, 2.45) is 18.0 Å². The zero-order chi connectivity index (χ0) is 10.1. The van der Waals surface area contributed by atoms with E-state index < -0.39 is 0 Å². The number of hydrogen-bond donors (Lipinski definition) is 0. The Hall–Kier alpha value is -1.32. The van der Waals surface area contributed by atoms with Crippen LogP contribution in [0.2, 0.25) is 0 Å². The number of ether oxygens (including phenoxy) is 1. The molecule has 0 saturated carbocycles. The number of aryl methyl sites for hydroxylation is 1. The fraction of sp³-hybridized carbons (Fsp3) is 0.600. The average Bonchev–Trinajstić information content (AvgIpc) is 2.71. The summed E-state index contributed by atoms with van der Waals surface area (Å²) in [6.45, 7) is 4.98. The highest BCUT2D eigenvalue weighted by Crippen LogP contribution is 2.16. The number of nitrogens with zero attached hydrogens (tertiary/aromatic N) is 3. The maximum Gasteiger partial charge on any atom is 0.253 e. The minimum absolute atomic E-state index is 0.279. The van der Waals surface area contributed by atoms with Gasteiger partial charge in [0.05, 0.1) is 6.04 Å². The van der Waals surface area contributed by atoms with Gasteiger partial charge >= 0.3 is 0 Å². The van der Waals surface area contributed by atoms with E-state index >= 15 is 0 Å². The highest BCUT2D eigenvalue weighted by Gasteiger charge is 2.24. The van der Waals surface area contributed by atoms with E-state index in [0.29, 0.717) is 18.4 Å². The molecule has 1 aromatic rings. The molecule has 14 heavy (non-hydrogen) atoms. The summed E-state index contributed by atoms with van der Waals surface area (Å²) in [6.07, 6.45) is 3.65. The van der Waals surface area contributed by atoms with E-state index in [1.54, 1.807) is 6.20 Å². The molecular formula is C10H15N3O. The van der Waals surface area contributed by atoms with E-state index in [-0.39, 0.29) is 6.04 Å². The minimum atomic E-state index is 0.279. The van der Waals surface area contributed by atoms with Crippen LogP contribution in [0.25, 0.3) is 0 Å². The maximum absolute atomic E-state index is 5.52. The Kier molecular flexibility index (Phi) is 2.27. The summed E-state index contributed by atoms with van der Waals surface area (Å²) >= 11 is 0. The van der Waals surface area contributed by atoms with Gasteiger partial charge in [-0.15, -0.1) is 0 Å². The summed E-state index contributed by atoms with van der Waals surface area (Å²) in [7, 11) is 1.94. The van der Waals surface area contributed by atoms with Crippen molar-refractivity contribution in [2.75, 3.05) is 6.61 Å². The molecule has 0 spiro atoms.